The molecule has 0 saturated heterocycles. The molecule has 0 spiro atoms. The average Bonchev–Trinajstić information content (AvgIpc) is 2.99. The van der Waals surface area contributed by atoms with Gasteiger partial charge in [-0.1, -0.05) is 91.0 Å². The Morgan fingerprint density at radius 1 is 0.486 bits per heavy atom. The molecule has 0 amide bonds. The third-order valence-electron chi connectivity index (χ3n) is 7.03. The molecule has 0 aromatic heterocycles. The minimum absolute atomic E-state index is 0.0631. The van der Waals surface area contributed by atoms with Crippen molar-refractivity contribution < 1.29 is 9.47 Å². The molecular weight excluding hydrogens is 471 g/mol. The zero-order valence-corrected chi connectivity index (χ0v) is 22.2. The fourth-order valence-corrected chi connectivity index (χ4v) is 10.5. The van der Waals surface area contributed by atoms with Crippen molar-refractivity contribution in [2.45, 2.75) is 12.1 Å². The molecule has 37 heavy (non-hydrogen) atoms. The van der Waals surface area contributed by atoms with Crippen molar-refractivity contribution in [1.29, 1.82) is 0 Å². The van der Waals surface area contributed by atoms with E-state index in [0.29, 0.717) is 0 Å². The number of benzene rings is 5. The molecule has 5 rings (SSSR count). The lowest BCUT2D eigenvalue weighted by molar-refractivity contribution is 0.384. The summed E-state index contributed by atoms with van der Waals surface area (Å²) >= 11 is 0. The molecule has 0 aliphatic rings. The zero-order valence-electron chi connectivity index (χ0n) is 21.3. The van der Waals surface area contributed by atoms with Crippen LogP contribution in [0.4, 0.5) is 0 Å². The van der Waals surface area contributed by atoms with Gasteiger partial charge in [-0.2, -0.15) is 0 Å². The monoisotopic (exact) mass is 503 g/mol. The summed E-state index contributed by atoms with van der Waals surface area (Å²) in [7, 11) is 1.22. The Morgan fingerprint density at radius 2 is 0.865 bits per heavy atom. The van der Waals surface area contributed by atoms with Gasteiger partial charge in [-0.25, -0.2) is 0 Å². The molecule has 5 aromatic rings. The standard InChI is InChI=1S/C34H32O2P/c1-35-31-24-15-25-32(36-2)34(31)33(26-27-16-7-3-8-17-27)37(28-18-9-4-10-19-28,29-20-11-5-12-21-29)30-22-13-6-14-23-30/h3-25,33H,26H2,1-2H3/q+1. The highest BCUT2D eigenvalue weighted by atomic mass is 31.2. The van der Waals surface area contributed by atoms with Crippen molar-refractivity contribution in [1.82, 2.24) is 0 Å². The van der Waals surface area contributed by atoms with Crippen LogP contribution in [0.25, 0.3) is 0 Å². The minimum Gasteiger partial charge on any atom is -0.496 e. The largest absolute Gasteiger partial charge is 0.496 e. The first-order chi connectivity index (χ1) is 18.3. The zero-order chi connectivity index (χ0) is 25.5. The summed E-state index contributed by atoms with van der Waals surface area (Å²) in [5.41, 5.74) is 2.46. The van der Waals surface area contributed by atoms with Crippen LogP contribution in [-0.4, -0.2) is 14.2 Å². The van der Waals surface area contributed by atoms with E-state index in [4.69, 9.17) is 9.47 Å². The Balaban J connectivity index is 1.93. The summed E-state index contributed by atoms with van der Waals surface area (Å²) in [5, 5.41) is 4.00. The van der Waals surface area contributed by atoms with Crippen LogP contribution >= 0.6 is 7.26 Å². The van der Waals surface area contributed by atoms with Crippen molar-refractivity contribution in [2.75, 3.05) is 14.2 Å². The maximum atomic E-state index is 6.05. The normalized spacial score (nSPS) is 12.1. The van der Waals surface area contributed by atoms with Gasteiger partial charge in [0.05, 0.1) is 19.8 Å². The van der Waals surface area contributed by atoms with Crippen LogP contribution in [0.3, 0.4) is 0 Å². The number of methoxy groups -OCH3 is 2. The van der Waals surface area contributed by atoms with E-state index >= 15 is 0 Å². The molecule has 184 valence electrons. The highest BCUT2D eigenvalue weighted by Gasteiger charge is 2.54. The van der Waals surface area contributed by atoms with Crippen LogP contribution in [0.2, 0.25) is 0 Å². The fourth-order valence-electron chi connectivity index (χ4n) is 5.45. The molecule has 0 heterocycles. The first kappa shape index (κ1) is 24.8. The molecule has 0 bridgehead atoms. The second-order valence-corrected chi connectivity index (χ2v) is 12.6. The van der Waals surface area contributed by atoms with Crippen molar-refractivity contribution >= 4 is 23.2 Å². The molecule has 0 N–H and O–H groups in total. The lowest BCUT2D eigenvalue weighted by atomic mass is 10.0. The van der Waals surface area contributed by atoms with E-state index in [2.05, 4.69) is 133 Å². The molecule has 0 aliphatic carbocycles. The minimum atomic E-state index is -2.29. The van der Waals surface area contributed by atoms with E-state index in [1.165, 1.54) is 21.5 Å². The van der Waals surface area contributed by atoms with Gasteiger partial charge in [-0.3, -0.25) is 0 Å². The Hall–Kier alpha value is -3.87. The van der Waals surface area contributed by atoms with Crippen LogP contribution in [0, 0.1) is 0 Å². The fraction of sp³-hybridized carbons (Fsp3) is 0.118. The van der Waals surface area contributed by atoms with Crippen LogP contribution < -0.4 is 25.4 Å². The molecule has 5 aromatic carbocycles. The molecule has 1 unspecified atom stereocenters. The van der Waals surface area contributed by atoms with Gasteiger partial charge in [0.25, 0.3) is 0 Å². The Labute approximate surface area is 220 Å². The Morgan fingerprint density at radius 3 is 1.24 bits per heavy atom. The van der Waals surface area contributed by atoms with Gasteiger partial charge >= 0.3 is 0 Å². The van der Waals surface area contributed by atoms with E-state index in [9.17, 15) is 0 Å². The van der Waals surface area contributed by atoms with Crippen LogP contribution in [-0.2, 0) is 6.42 Å². The van der Waals surface area contributed by atoms with Gasteiger partial charge in [0, 0.05) is 6.42 Å². The number of ether oxygens (including phenoxy) is 2. The summed E-state index contributed by atoms with van der Waals surface area (Å²) in [4.78, 5) is 0. The maximum absolute atomic E-state index is 6.05. The summed E-state index contributed by atoms with van der Waals surface area (Å²) in [6.07, 6.45) is 0.837. The Kier molecular flexibility index (Phi) is 7.68. The van der Waals surface area contributed by atoms with E-state index in [-0.39, 0.29) is 5.66 Å². The smallest absolute Gasteiger partial charge is 0.129 e. The predicted molar refractivity (Wildman–Crippen MR) is 158 cm³/mol. The third kappa shape index (κ3) is 4.78. The van der Waals surface area contributed by atoms with Gasteiger partial charge in [0.15, 0.2) is 0 Å². The van der Waals surface area contributed by atoms with Crippen molar-refractivity contribution in [2.24, 2.45) is 0 Å². The lowest BCUT2D eigenvalue weighted by Gasteiger charge is -2.36. The van der Waals surface area contributed by atoms with Crippen LogP contribution in [0.5, 0.6) is 11.5 Å². The quantitative estimate of drug-likeness (QED) is 0.202. The van der Waals surface area contributed by atoms with Crippen LogP contribution in [0.15, 0.2) is 140 Å². The average molecular weight is 504 g/mol. The highest BCUT2D eigenvalue weighted by Crippen LogP contribution is 2.69. The molecule has 0 aliphatic heterocycles. The highest BCUT2D eigenvalue weighted by molar-refractivity contribution is 7.96. The van der Waals surface area contributed by atoms with Crippen LogP contribution in [0.1, 0.15) is 16.8 Å². The van der Waals surface area contributed by atoms with E-state index in [0.717, 1.165) is 23.5 Å². The second-order valence-electron chi connectivity index (χ2n) is 9.01. The van der Waals surface area contributed by atoms with Crippen molar-refractivity contribution in [3.63, 3.8) is 0 Å². The van der Waals surface area contributed by atoms with E-state index in [1.807, 2.05) is 6.07 Å². The van der Waals surface area contributed by atoms with Gasteiger partial charge in [0.1, 0.15) is 40.3 Å². The number of rotatable bonds is 9. The molecule has 0 radical (unpaired) electrons. The molecule has 2 nitrogen and oxygen atoms in total. The summed E-state index contributed by atoms with van der Waals surface area (Å²) in [6, 6.07) is 50.0. The van der Waals surface area contributed by atoms with Crippen molar-refractivity contribution in [3.8, 4) is 11.5 Å². The summed E-state index contributed by atoms with van der Waals surface area (Å²) in [5.74, 6) is 1.71. The SMILES string of the molecule is COc1cccc(OC)c1C(Cc1ccccc1)[P+](c1ccccc1)(c1ccccc1)c1ccccc1. The van der Waals surface area contributed by atoms with Crippen molar-refractivity contribution in [3.05, 3.63) is 151 Å². The molecule has 0 saturated carbocycles. The first-order valence-electron chi connectivity index (χ1n) is 12.6. The maximum Gasteiger partial charge on any atom is 0.129 e. The third-order valence-corrected chi connectivity index (χ3v) is 11.7. The van der Waals surface area contributed by atoms with Gasteiger partial charge in [-0.15, -0.1) is 0 Å². The molecular formula is C34H32O2P+. The first-order valence-corrected chi connectivity index (χ1v) is 14.4. The van der Waals surface area contributed by atoms with E-state index in [1.54, 1.807) is 14.2 Å². The molecule has 1 atom stereocenters. The van der Waals surface area contributed by atoms with Gasteiger partial charge < -0.3 is 9.47 Å². The number of hydrogen-bond donors (Lipinski definition) is 0. The Bertz CT molecular complexity index is 1290. The topological polar surface area (TPSA) is 18.5 Å². The summed E-state index contributed by atoms with van der Waals surface area (Å²) in [6.45, 7) is 0. The van der Waals surface area contributed by atoms with E-state index < -0.39 is 7.26 Å². The predicted octanol–water partition coefficient (Wildman–Crippen LogP) is 6.98. The lowest BCUT2D eigenvalue weighted by Crippen LogP contribution is -2.36. The number of hydrogen-bond acceptors (Lipinski definition) is 2. The van der Waals surface area contributed by atoms with Gasteiger partial charge in [0.2, 0.25) is 0 Å². The molecule has 3 heteroatoms. The second kappa shape index (κ2) is 11.5. The summed E-state index contributed by atoms with van der Waals surface area (Å²) < 4.78 is 12.1. The van der Waals surface area contributed by atoms with Gasteiger partial charge in [-0.05, 0) is 54.1 Å². The molecule has 0 fully saturated rings.